The number of rotatable bonds is 3. The van der Waals surface area contributed by atoms with Gasteiger partial charge in [0.05, 0.1) is 5.41 Å². The number of hydrogen-bond donors (Lipinski definition) is 1. The van der Waals surface area contributed by atoms with Crippen LogP contribution in [0.25, 0.3) is 0 Å². The van der Waals surface area contributed by atoms with E-state index in [-0.39, 0.29) is 12.3 Å². The lowest BCUT2D eigenvalue weighted by molar-refractivity contribution is -0.149. The molecule has 4 heteroatoms. The van der Waals surface area contributed by atoms with Gasteiger partial charge in [0.1, 0.15) is 0 Å². The Balaban J connectivity index is 2.24. The van der Waals surface area contributed by atoms with Crippen LogP contribution in [0.1, 0.15) is 38.7 Å². The van der Waals surface area contributed by atoms with Gasteiger partial charge in [-0.2, -0.15) is 0 Å². The summed E-state index contributed by atoms with van der Waals surface area (Å²) in [6, 6.07) is 7.90. The normalized spacial score (nSPS) is 15.4. The Hall–Kier alpha value is -1.84. The molecule has 1 aromatic carbocycles. The molecule has 0 aromatic heterocycles. The molecule has 0 spiro atoms. The molecule has 0 atom stereocenters. The zero-order valence-electron chi connectivity index (χ0n) is 12.1. The minimum atomic E-state index is -1.03. The Bertz CT molecular complexity index is 522. The maximum atomic E-state index is 12.5. The largest absolute Gasteiger partial charge is 0.481 e. The predicted octanol–water partition coefficient (Wildman–Crippen LogP) is 2.86. The number of nitrogens with zero attached hydrogens (tertiary/aromatic N) is 1. The van der Waals surface area contributed by atoms with Crippen molar-refractivity contribution in [3.63, 3.8) is 0 Å². The van der Waals surface area contributed by atoms with Gasteiger partial charge < -0.3 is 10.0 Å². The standard InChI is InChI=1S/C16H21NO3/c1-16(2,15(19)20)11-14(18)17-10-6-5-8-12-7-3-4-9-13(12)17/h3-4,7,9H,5-6,8,10-11H2,1-2H3,(H,19,20). The zero-order chi connectivity index (χ0) is 14.8. The molecule has 0 fully saturated rings. The van der Waals surface area contributed by atoms with Gasteiger partial charge in [-0.25, -0.2) is 0 Å². The molecule has 1 heterocycles. The van der Waals surface area contributed by atoms with Crippen molar-refractivity contribution in [3.05, 3.63) is 29.8 Å². The van der Waals surface area contributed by atoms with Crippen molar-refractivity contribution in [3.8, 4) is 0 Å². The van der Waals surface area contributed by atoms with Gasteiger partial charge in [-0.05, 0) is 44.7 Å². The number of carbonyl (C=O) groups is 2. The van der Waals surface area contributed by atoms with E-state index in [1.807, 2.05) is 24.3 Å². The van der Waals surface area contributed by atoms with Crippen LogP contribution in [0.15, 0.2) is 24.3 Å². The number of hydrogen-bond acceptors (Lipinski definition) is 2. The SMILES string of the molecule is CC(C)(CC(=O)N1CCCCc2ccccc21)C(=O)O. The second kappa shape index (κ2) is 5.65. The highest BCUT2D eigenvalue weighted by atomic mass is 16.4. The molecule has 4 nitrogen and oxygen atoms in total. The fourth-order valence-electron chi connectivity index (χ4n) is 2.50. The van der Waals surface area contributed by atoms with Crippen molar-refractivity contribution in [2.24, 2.45) is 5.41 Å². The molecule has 1 aliphatic rings. The quantitative estimate of drug-likeness (QED) is 0.922. The maximum absolute atomic E-state index is 12.5. The molecule has 108 valence electrons. The first-order valence-corrected chi connectivity index (χ1v) is 7.03. The van der Waals surface area contributed by atoms with Crippen molar-refractivity contribution < 1.29 is 14.7 Å². The minimum absolute atomic E-state index is 0.0245. The number of carbonyl (C=O) groups excluding carboxylic acids is 1. The second-order valence-corrected chi connectivity index (χ2v) is 6.00. The maximum Gasteiger partial charge on any atom is 0.309 e. The monoisotopic (exact) mass is 275 g/mol. The van der Waals surface area contributed by atoms with E-state index in [0.717, 1.165) is 24.9 Å². The Labute approximate surface area is 119 Å². The fraction of sp³-hybridized carbons (Fsp3) is 0.500. The van der Waals surface area contributed by atoms with Crippen LogP contribution in [0, 0.1) is 5.41 Å². The smallest absolute Gasteiger partial charge is 0.309 e. The predicted molar refractivity (Wildman–Crippen MR) is 77.8 cm³/mol. The van der Waals surface area contributed by atoms with Gasteiger partial charge >= 0.3 is 5.97 Å². The number of anilines is 1. The van der Waals surface area contributed by atoms with Crippen molar-refractivity contribution in [1.82, 2.24) is 0 Å². The van der Waals surface area contributed by atoms with Crippen molar-refractivity contribution in [1.29, 1.82) is 0 Å². The fourth-order valence-corrected chi connectivity index (χ4v) is 2.50. The van der Waals surface area contributed by atoms with E-state index in [9.17, 15) is 9.59 Å². The summed E-state index contributed by atoms with van der Waals surface area (Å²) in [4.78, 5) is 25.4. The molecular formula is C16H21NO3. The molecule has 1 amide bonds. The Kier molecular flexibility index (Phi) is 4.12. The highest BCUT2D eigenvalue weighted by Gasteiger charge is 2.33. The van der Waals surface area contributed by atoms with E-state index < -0.39 is 11.4 Å². The van der Waals surface area contributed by atoms with Crippen LogP contribution in [0.4, 0.5) is 5.69 Å². The van der Waals surface area contributed by atoms with Crippen molar-refractivity contribution >= 4 is 17.6 Å². The summed E-state index contributed by atoms with van der Waals surface area (Å²) in [5.41, 5.74) is 1.08. The highest BCUT2D eigenvalue weighted by molar-refractivity contribution is 5.96. The first-order valence-electron chi connectivity index (χ1n) is 7.03. The van der Waals surface area contributed by atoms with E-state index in [1.54, 1.807) is 18.7 Å². The third-order valence-corrected chi connectivity index (χ3v) is 3.83. The number of carboxylic acid groups (broad SMARTS) is 1. The Morgan fingerprint density at radius 1 is 1.25 bits per heavy atom. The van der Waals surface area contributed by atoms with Gasteiger partial charge in [-0.3, -0.25) is 9.59 Å². The molecule has 1 aliphatic heterocycles. The molecule has 0 unspecified atom stereocenters. The van der Waals surface area contributed by atoms with E-state index in [0.29, 0.717) is 6.54 Å². The number of aliphatic carboxylic acids is 1. The Morgan fingerprint density at radius 3 is 2.65 bits per heavy atom. The molecule has 1 aromatic rings. The lowest BCUT2D eigenvalue weighted by Crippen LogP contribution is -2.37. The summed E-state index contributed by atoms with van der Waals surface area (Å²) >= 11 is 0. The van der Waals surface area contributed by atoms with Gasteiger partial charge in [0.15, 0.2) is 0 Å². The molecule has 0 aliphatic carbocycles. The van der Waals surface area contributed by atoms with Gasteiger partial charge in [-0.1, -0.05) is 18.2 Å². The first-order chi connectivity index (χ1) is 9.42. The topological polar surface area (TPSA) is 57.6 Å². The summed E-state index contributed by atoms with van der Waals surface area (Å²) in [5.74, 6) is -1.04. The lowest BCUT2D eigenvalue weighted by Gasteiger charge is -2.26. The highest BCUT2D eigenvalue weighted by Crippen LogP contribution is 2.29. The summed E-state index contributed by atoms with van der Waals surface area (Å²) in [5, 5.41) is 9.17. The van der Waals surface area contributed by atoms with E-state index in [4.69, 9.17) is 5.11 Å². The van der Waals surface area contributed by atoms with Crippen LogP contribution < -0.4 is 4.90 Å². The molecule has 0 saturated heterocycles. The molecule has 20 heavy (non-hydrogen) atoms. The van der Waals surface area contributed by atoms with E-state index >= 15 is 0 Å². The number of fused-ring (bicyclic) bond motifs is 1. The number of amides is 1. The summed E-state index contributed by atoms with van der Waals surface area (Å²) in [6.45, 7) is 3.86. The Morgan fingerprint density at radius 2 is 1.95 bits per heavy atom. The number of aryl methyl sites for hydroxylation is 1. The van der Waals surface area contributed by atoms with E-state index in [2.05, 4.69) is 0 Å². The third kappa shape index (κ3) is 3.00. The number of benzene rings is 1. The molecule has 0 bridgehead atoms. The van der Waals surface area contributed by atoms with Crippen LogP contribution in [-0.4, -0.2) is 23.5 Å². The third-order valence-electron chi connectivity index (χ3n) is 3.83. The van der Waals surface area contributed by atoms with Crippen molar-refractivity contribution in [2.45, 2.75) is 39.5 Å². The average molecular weight is 275 g/mol. The van der Waals surface area contributed by atoms with Crippen LogP contribution in [-0.2, 0) is 16.0 Å². The van der Waals surface area contributed by atoms with Crippen LogP contribution >= 0.6 is 0 Å². The van der Waals surface area contributed by atoms with E-state index in [1.165, 1.54) is 5.56 Å². The van der Waals surface area contributed by atoms with Gasteiger partial charge in [-0.15, -0.1) is 0 Å². The average Bonchev–Trinajstić information content (AvgIpc) is 2.60. The number of para-hydroxylation sites is 1. The zero-order valence-corrected chi connectivity index (χ0v) is 12.1. The lowest BCUT2D eigenvalue weighted by atomic mass is 9.89. The van der Waals surface area contributed by atoms with Gasteiger partial charge in [0.25, 0.3) is 0 Å². The number of carboxylic acids is 1. The summed E-state index contributed by atoms with van der Waals surface area (Å²) < 4.78 is 0. The first kappa shape index (κ1) is 14.6. The molecule has 1 N–H and O–H groups in total. The minimum Gasteiger partial charge on any atom is -0.481 e. The molecule has 0 saturated carbocycles. The van der Waals surface area contributed by atoms with Crippen LogP contribution in [0.5, 0.6) is 0 Å². The van der Waals surface area contributed by atoms with Gasteiger partial charge in [0.2, 0.25) is 5.91 Å². The summed E-state index contributed by atoms with van der Waals surface area (Å²) in [6.07, 6.45) is 3.01. The second-order valence-electron chi connectivity index (χ2n) is 6.00. The van der Waals surface area contributed by atoms with Gasteiger partial charge in [0, 0.05) is 18.7 Å². The van der Waals surface area contributed by atoms with Crippen LogP contribution in [0.2, 0.25) is 0 Å². The van der Waals surface area contributed by atoms with Crippen LogP contribution in [0.3, 0.4) is 0 Å². The van der Waals surface area contributed by atoms with Crippen molar-refractivity contribution in [2.75, 3.05) is 11.4 Å². The molecular weight excluding hydrogens is 254 g/mol. The molecule has 0 radical (unpaired) electrons. The molecule has 2 rings (SSSR count). The summed E-state index contributed by atoms with van der Waals surface area (Å²) in [7, 11) is 0.